The Bertz CT molecular complexity index is 320. The second-order valence-corrected chi connectivity index (χ2v) is 3.40. The Morgan fingerprint density at radius 3 is 3.08 bits per heavy atom. The zero-order chi connectivity index (χ0) is 9.26. The average molecular weight is 199 g/mol. The van der Waals surface area contributed by atoms with E-state index in [0.29, 0.717) is 5.02 Å². The molecule has 0 amide bonds. The molecule has 0 aliphatic carbocycles. The Balaban J connectivity index is 2.12. The second-order valence-electron chi connectivity index (χ2n) is 2.96. The third-order valence-electron chi connectivity index (χ3n) is 2.09. The van der Waals surface area contributed by atoms with Gasteiger partial charge in [-0.15, -0.1) is 0 Å². The summed E-state index contributed by atoms with van der Waals surface area (Å²) in [5, 5.41) is 7.91. The van der Waals surface area contributed by atoms with E-state index < -0.39 is 0 Å². The van der Waals surface area contributed by atoms with Crippen LogP contribution in [0.4, 0.5) is 0 Å². The zero-order valence-electron chi connectivity index (χ0n) is 7.31. The topological polar surface area (TPSA) is 33.1 Å². The van der Waals surface area contributed by atoms with Gasteiger partial charge in [-0.1, -0.05) is 11.6 Å². The smallest absolute Gasteiger partial charge is 0.121 e. The van der Waals surface area contributed by atoms with Crippen molar-refractivity contribution >= 4 is 11.6 Å². The van der Waals surface area contributed by atoms with Gasteiger partial charge in [0.25, 0.3) is 0 Å². The fourth-order valence-electron chi connectivity index (χ4n) is 1.29. The maximum absolute atomic E-state index is 5.78. The molecule has 0 saturated carbocycles. The van der Waals surface area contributed by atoms with E-state index in [4.69, 9.17) is 11.6 Å². The number of aromatic nitrogens is 2. The summed E-state index contributed by atoms with van der Waals surface area (Å²) >= 11 is 5.78. The fourth-order valence-corrected chi connectivity index (χ4v) is 1.43. The molecule has 2 rings (SSSR count). The molecule has 1 aromatic heterocycles. The van der Waals surface area contributed by atoms with Crippen molar-refractivity contribution in [3.63, 3.8) is 0 Å². The van der Waals surface area contributed by atoms with Gasteiger partial charge in [0.2, 0.25) is 0 Å². The van der Waals surface area contributed by atoms with Gasteiger partial charge in [-0.25, -0.2) is 4.68 Å². The van der Waals surface area contributed by atoms with Gasteiger partial charge in [0.05, 0.1) is 17.9 Å². The molecule has 0 unspecified atom stereocenters. The van der Waals surface area contributed by atoms with E-state index in [1.807, 2.05) is 23.3 Å². The molecule has 1 atom stereocenters. The van der Waals surface area contributed by atoms with Crippen LogP contribution in [0.2, 0.25) is 5.02 Å². The van der Waals surface area contributed by atoms with Gasteiger partial charge in [0, 0.05) is 18.6 Å². The first-order chi connectivity index (χ1) is 6.27. The van der Waals surface area contributed by atoms with Gasteiger partial charge in [-0.2, -0.15) is 5.10 Å². The highest BCUT2D eigenvalue weighted by atomic mass is 35.5. The molecule has 1 N–H and O–H groups in total. The molecular weight excluding hydrogens is 188 g/mol. The summed E-state index contributed by atoms with van der Waals surface area (Å²) < 4.78 is 1.83. The molecule has 0 bridgehead atoms. The summed E-state index contributed by atoms with van der Waals surface area (Å²) in [5.74, 6) is 0. The molecular formula is C8H11ClN4. The number of halogens is 1. The third-order valence-corrected chi connectivity index (χ3v) is 2.29. The molecule has 70 valence electrons. The maximum atomic E-state index is 5.78. The number of nitrogens with zero attached hydrogens (tertiary/aromatic N) is 3. The quantitative estimate of drug-likeness (QED) is 0.780. The highest BCUT2D eigenvalue weighted by molar-refractivity contribution is 6.30. The van der Waals surface area contributed by atoms with Crippen LogP contribution in [0.25, 0.3) is 0 Å². The lowest BCUT2D eigenvalue weighted by Gasteiger charge is -2.23. The van der Waals surface area contributed by atoms with Gasteiger partial charge < -0.3 is 10.2 Å². The molecule has 4 nitrogen and oxygen atoms in total. The van der Waals surface area contributed by atoms with E-state index in [1.165, 1.54) is 0 Å². The van der Waals surface area contributed by atoms with Crippen molar-refractivity contribution in [1.82, 2.24) is 20.0 Å². The standard InChI is InChI=1S/C8H11ClN4/c1-7(12-3-2-10-6-12)13-5-8(9)4-11-13/h2-5,7,10H,6H2,1H3/t7-/m0/s1. The molecule has 0 aromatic carbocycles. The Kier molecular flexibility index (Phi) is 2.14. The molecule has 0 saturated heterocycles. The van der Waals surface area contributed by atoms with E-state index >= 15 is 0 Å². The summed E-state index contributed by atoms with van der Waals surface area (Å²) in [4.78, 5) is 2.13. The van der Waals surface area contributed by atoms with Crippen molar-refractivity contribution < 1.29 is 0 Å². The number of hydrogen-bond donors (Lipinski definition) is 1. The van der Waals surface area contributed by atoms with Crippen LogP contribution in [0, 0.1) is 0 Å². The molecule has 0 fully saturated rings. The summed E-state index contributed by atoms with van der Waals surface area (Å²) in [6, 6.07) is 0. The van der Waals surface area contributed by atoms with Crippen LogP contribution in [0.3, 0.4) is 0 Å². The van der Waals surface area contributed by atoms with Crippen LogP contribution in [0.15, 0.2) is 24.8 Å². The molecule has 2 heterocycles. The number of hydrogen-bond acceptors (Lipinski definition) is 3. The number of rotatable bonds is 2. The van der Waals surface area contributed by atoms with Crippen molar-refractivity contribution in [2.45, 2.75) is 13.1 Å². The highest BCUT2D eigenvalue weighted by Crippen LogP contribution is 2.15. The predicted octanol–water partition coefficient (Wildman–Crippen LogP) is 1.39. The molecule has 1 aliphatic rings. The van der Waals surface area contributed by atoms with Gasteiger partial charge in [0.15, 0.2) is 0 Å². The van der Waals surface area contributed by atoms with E-state index in [0.717, 1.165) is 6.67 Å². The van der Waals surface area contributed by atoms with Gasteiger partial charge in [-0.3, -0.25) is 0 Å². The van der Waals surface area contributed by atoms with Crippen molar-refractivity contribution in [2.24, 2.45) is 0 Å². The van der Waals surface area contributed by atoms with Gasteiger partial charge in [-0.05, 0) is 6.92 Å². The third kappa shape index (κ3) is 1.62. The molecule has 0 spiro atoms. The van der Waals surface area contributed by atoms with E-state index in [2.05, 4.69) is 22.2 Å². The highest BCUT2D eigenvalue weighted by Gasteiger charge is 2.14. The van der Waals surface area contributed by atoms with E-state index in [9.17, 15) is 0 Å². The number of nitrogens with one attached hydrogen (secondary N) is 1. The minimum Gasteiger partial charge on any atom is -0.372 e. The predicted molar refractivity (Wildman–Crippen MR) is 50.9 cm³/mol. The molecule has 1 aromatic rings. The first kappa shape index (κ1) is 8.44. The molecule has 13 heavy (non-hydrogen) atoms. The second kappa shape index (κ2) is 3.30. The monoisotopic (exact) mass is 198 g/mol. The summed E-state index contributed by atoms with van der Waals surface area (Å²) in [6.07, 6.45) is 7.57. The molecule has 5 heteroatoms. The normalized spacial score (nSPS) is 17.5. The maximum Gasteiger partial charge on any atom is 0.121 e. The van der Waals surface area contributed by atoms with Gasteiger partial charge >= 0.3 is 0 Å². The fraction of sp³-hybridized carbons (Fsp3) is 0.375. The van der Waals surface area contributed by atoms with Crippen LogP contribution < -0.4 is 5.32 Å². The Hall–Kier alpha value is -1.16. The van der Waals surface area contributed by atoms with Crippen molar-refractivity contribution in [3.8, 4) is 0 Å². The Labute approximate surface area is 81.8 Å². The lowest BCUT2D eigenvalue weighted by molar-refractivity contribution is 0.217. The van der Waals surface area contributed by atoms with E-state index in [1.54, 1.807) is 6.20 Å². The minimum atomic E-state index is 0.193. The van der Waals surface area contributed by atoms with Crippen LogP contribution in [0.1, 0.15) is 13.1 Å². The van der Waals surface area contributed by atoms with Crippen LogP contribution in [-0.2, 0) is 0 Å². The lowest BCUT2D eigenvalue weighted by Crippen LogP contribution is -2.28. The largest absolute Gasteiger partial charge is 0.372 e. The summed E-state index contributed by atoms with van der Waals surface area (Å²) in [5.41, 5.74) is 0. The SMILES string of the molecule is C[C@@H](N1C=CNC1)n1cc(Cl)cn1. The first-order valence-electron chi connectivity index (χ1n) is 4.13. The van der Waals surface area contributed by atoms with Crippen LogP contribution >= 0.6 is 11.6 Å². The summed E-state index contributed by atoms with van der Waals surface area (Å²) in [7, 11) is 0. The average Bonchev–Trinajstić information content (AvgIpc) is 2.72. The minimum absolute atomic E-state index is 0.193. The van der Waals surface area contributed by atoms with Gasteiger partial charge in [0.1, 0.15) is 6.17 Å². The lowest BCUT2D eigenvalue weighted by atomic mass is 10.5. The summed E-state index contributed by atoms with van der Waals surface area (Å²) in [6.45, 7) is 2.89. The molecule has 1 aliphatic heterocycles. The van der Waals surface area contributed by atoms with E-state index in [-0.39, 0.29) is 6.17 Å². The zero-order valence-corrected chi connectivity index (χ0v) is 8.07. The van der Waals surface area contributed by atoms with Crippen molar-refractivity contribution in [1.29, 1.82) is 0 Å². The van der Waals surface area contributed by atoms with Crippen LogP contribution in [-0.4, -0.2) is 21.3 Å². The molecule has 0 radical (unpaired) electrons. The van der Waals surface area contributed by atoms with Crippen LogP contribution in [0.5, 0.6) is 0 Å². The Morgan fingerprint density at radius 1 is 1.69 bits per heavy atom. The Morgan fingerprint density at radius 2 is 2.54 bits per heavy atom. The van der Waals surface area contributed by atoms with Crippen molar-refractivity contribution in [2.75, 3.05) is 6.67 Å². The van der Waals surface area contributed by atoms with Crippen molar-refractivity contribution in [3.05, 3.63) is 29.8 Å². The first-order valence-corrected chi connectivity index (χ1v) is 4.50.